The molecule has 70 valence electrons. The number of hydrogen-bond acceptors (Lipinski definition) is 2. The molecule has 0 aliphatic rings. The highest BCUT2D eigenvalue weighted by Gasteiger charge is 2.06. The predicted octanol–water partition coefficient (Wildman–Crippen LogP) is 2.82. The van der Waals surface area contributed by atoms with Crippen LogP contribution in [0.5, 0.6) is 0 Å². The van der Waals surface area contributed by atoms with Gasteiger partial charge < -0.3 is 4.74 Å². The number of benzene rings is 1. The van der Waals surface area contributed by atoms with Crippen molar-refractivity contribution in [3.05, 3.63) is 32.9 Å². The molecule has 4 heteroatoms. The summed E-state index contributed by atoms with van der Waals surface area (Å²) in [6, 6.07) is 5.43. The minimum absolute atomic E-state index is 0.329. The smallest absolute Gasteiger partial charge is 0.337 e. The molecule has 0 saturated carbocycles. The molecule has 0 heterocycles. The standard InChI is InChI=1S/C9H8ClIO2/c1-13-9(12)7-2-6(5-10)3-8(11)4-7/h2-4H,5H2,1H3. The Morgan fingerprint density at radius 2 is 2.23 bits per heavy atom. The first-order valence-corrected chi connectivity index (χ1v) is 5.22. The van der Waals surface area contributed by atoms with Crippen molar-refractivity contribution < 1.29 is 9.53 Å². The Bertz CT molecular complexity index is 325. The van der Waals surface area contributed by atoms with Crippen molar-refractivity contribution in [3.63, 3.8) is 0 Å². The van der Waals surface area contributed by atoms with Crippen LogP contribution in [-0.2, 0) is 10.6 Å². The maximum atomic E-state index is 11.2. The van der Waals surface area contributed by atoms with Crippen LogP contribution >= 0.6 is 34.2 Å². The summed E-state index contributed by atoms with van der Waals surface area (Å²) in [4.78, 5) is 11.2. The fraction of sp³-hybridized carbons (Fsp3) is 0.222. The van der Waals surface area contributed by atoms with Crippen molar-refractivity contribution in [2.75, 3.05) is 7.11 Å². The fourth-order valence-corrected chi connectivity index (χ4v) is 1.85. The number of methoxy groups -OCH3 is 1. The summed E-state index contributed by atoms with van der Waals surface area (Å²) in [5, 5.41) is 0. The van der Waals surface area contributed by atoms with Gasteiger partial charge in [-0.2, -0.15) is 0 Å². The van der Waals surface area contributed by atoms with E-state index in [2.05, 4.69) is 27.3 Å². The van der Waals surface area contributed by atoms with Crippen molar-refractivity contribution in [2.45, 2.75) is 5.88 Å². The zero-order valence-electron chi connectivity index (χ0n) is 7.01. The van der Waals surface area contributed by atoms with Crippen molar-refractivity contribution >= 4 is 40.2 Å². The van der Waals surface area contributed by atoms with Gasteiger partial charge in [-0.05, 0) is 46.4 Å². The van der Waals surface area contributed by atoms with Crippen LogP contribution in [-0.4, -0.2) is 13.1 Å². The Balaban J connectivity index is 3.08. The molecule has 0 saturated heterocycles. The lowest BCUT2D eigenvalue weighted by molar-refractivity contribution is 0.0600. The topological polar surface area (TPSA) is 26.3 Å². The third kappa shape index (κ3) is 2.84. The van der Waals surface area contributed by atoms with Crippen molar-refractivity contribution in [1.29, 1.82) is 0 Å². The molecular formula is C9H8ClIO2. The van der Waals surface area contributed by atoms with Crippen LogP contribution in [0, 0.1) is 3.57 Å². The van der Waals surface area contributed by atoms with E-state index < -0.39 is 0 Å². The van der Waals surface area contributed by atoms with E-state index >= 15 is 0 Å². The number of carbonyl (C=O) groups excluding carboxylic acids is 1. The minimum Gasteiger partial charge on any atom is -0.465 e. The van der Waals surface area contributed by atoms with Gasteiger partial charge in [-0.25, -0.2) is 4.79 Å². The zero-order chi connectivity index (χ0) is 9.84. The minimum atomic E-state index is -0.329. The van der Waals surface area contributed by atoms with E-state index in [4.69, 9.17) is 11.6 Å². The second-order valence-corrected chi connectivity index (χ2v) is 3.99. The summed E-state index contributed by atoms with van der Waals surface area (Å²) in [6.45, 7) is 0. The molecule has 0 N–H and O–H groups in total. The lowest BCUT2D eigenvalue weighted by Gasteiger charge is -2.02. The average molecular weight is 311 g/mol. The molecule has 0 atom stereocenters. The van der Waals surface area contributed by atoms with Gasteiger partial charge in [-0.15, -0.1) is 11.6 Å². The molecule has 0 aliphatic carbocycles. The van der Waals surface area contributed by atoms with Gasteiger partial charge in [-0.3, -0.25) is 0 Å². The van der Waals surface area contributed by atoms with Crippen molar-refractivity contribution in [1.82, 2.24) is 0 Å². The van der Waals surface area contributed by atoms with E-state index in [0.717, 1.165) is 9.13 Å². The summed E-state index contributed by atoms with van der Waals surface area (Å²) in [6.07, 6.45) is 0. The van der Waals surface area contributed by atoms with E-state index in [1.807, 2.05) is 6.07 Å². The SMILES string of the molecule is COC(=O)c1cc(I)cc(CCl)c1. The molecule has 0 bridgehead atoms. The van der Waals surface area contributed by atoms with Gasteiger partial charge in [0.05, 0.1) is 12.7 Å². The highest BCUT2D eigenvalue weighted by molar-refractivity contribution is 14.1. The molecule has 0 amide bonds. The van der Waals surface area contributed by atoms with Gasteiger partial charge in [-0.1, -0.05) is 0 Å². The first-order chi connectivity index (χ1) is 6.17. The van der Waals surface area contributed by atoms with Gasteiger partial charge in [0.25, 0.3) is 0 Å². The summed E-state index contributed by atoms with van der Waals surface area (Å²) in [7, 11) is 1.36. The summed E-state index contributed by atoms with van der Waals surface area (Å²) in [5.74, 6) is 0.0748. The number of ether oxygens (including phenoxy) is 1. The summed E-state index contributed by atoms with van der Waals surface area (Å²) in [5.41, 5.74) is 1.47. The molecular weight excluding hydrogens is 302 g/mol. The second-order valence-electron chi connectivity index (χ2n) is 2.47. The quantitative estimate of drug-likeness (QED) is 0.477. The number of hydrogen-bond donors (Lipinski definition) is 0. The molecule has 1 aromatic rings. The molecule has 0 fully saturated rings. The van der Waals surface area contributed by atoms with E-state index in [1.54, 1.807) is 12.1 Å². The van der Waals surface area contributed by atoms with Gasteiger partial charge in [0.1, 0.15) is 0 Å². The molecule has 1 aromatic carbocycles. The van der Waals surface area contributed by atoms with Crippen LogP contribution in [0.3, 0.4) is 0 Å². The molecule has 0 radical (unpaired) electrons. The number of esters is 1. The number of alkyl halides is 1. The van der Waals surface area contributed by atoms with Crippen LogP contribution in [0.4, 0.5) is 0 Å². The highest BCUT2D eigenvalue weighted by Crippen LogP contribution is 2.14. The predicted molar refractivity (Wildman–Crippen MR) is 60.1 cm³/mol. The van der Waals surface area contributed by atoms with Crippen LogP contribution in [0.25, 0.3) is 0 Å². The monoisotopic (exact) mass is 310 g/mol. The van der Waals surface area contributed by atoms with Crippen LogP contribution in [0.15, 0.2) is 18.2 Å². The Labute approximate surface area is 95.4 Å². The third-order valence-electron chi connectivity index (χ3n) is 1.53. The van der Waals surface area contributed by atoms with Crippen molar-refractivity contribution in [2.24, 2.45) is 0 Å². The van der Waals surface area contributed by atoms with Crippen molar-refractivity contribution in [3.8, 4) is 0 Å². The van der Waals surface area contributed by atoms with Crippen LogP contribution in [0.2, 0.25) is 0 Å². The van der Waals surface area contributed by atoms with Gasteiger partial charge in [0.2, 0.25) is 0 Å². The first-order valence-electron chi connectivity index (χ1n) is 3.61. The molecule has 0 aliphatic heterocycles. The molecule has 13 heavy (non-hydrogen) atoms. The molecule has 2 nitrogen and oxygen atoms in total. The Kier molecular flexibility index (Phi) is 3.99. The maximum Gasteiger partial charge on any atom is 0.337 e. The zero-order valence-corrected chi connectivity index (χ0v) is 9.93. The van der Waals surface area contributed by atoms with Crippen LogP contribution < -0.4 is 0 Å². The van der Waals surface area contributed by atoms with Gasteiger partial charge in [0.15, 0.2) is 0 Å². The van der Waals surface area contributed by atoms with Gasteiger partial charge >= 0.3 is 5.97 Å². The molecule has 0 spiro atoms. The second kappa shape index (κ2) is 4.81. The Hall–Kier alpha value is -0.290. The van der Waals surface area contributed by atoms with E-state index in [0.29, 0.717) is 11.4 Å². The molecule has 0 unspecified atom stereocenters. The average Bonchev–Trinajstić information content (AvgIpc) is 2.15. The van der Waals surface area contributed by atoms with Crippen LogP contribution in [0.1, 0.15) is 15.9 Å². The number of carbonyl (C=O) groups is 1. The highest BCUT2D eigenvalue weighted by atomic mass is 127. The van der Waals surface area contributed by atoms with E-state index in [9.17, 15) is 4.79 Å². The fourth-order valence-electron chi connectivity index (χ4n) is 0.963. The lowest BCUT2D eigenvalue weighted by atomic mass is 10.1. The lowest BCUT2D eigenvalue weighted by Crippen LogP contribution is -2.02. The molecule has 1 rings (SSSR count). The van der Waals surface area contributed by atoms with E-state index in [1.165, 1.54) is 7.11 Å². The van der Waals surface area contributed by atoms with E-state index in [-0.39, 0.29) is 5.97 Å². The number of halogens is 2. The normalized spacial score (nSPS) is 9.77. The summed E-state index contributed by atoms with van der Waals surface area (Å²) < 4.78 is 5.59. The maximum absolute atomic E-state index is 11.2. The first kappa shape index (κ1) is 10.8. The Morgan fingerprint density at radius 1 is 1.54 bits per heavy atom. The molecule has 0 aromatic heterocycles. The number of rotatable bonds is 2. The van der Waals surface area contributed by atoms with Gasteiger partial charge in [0, 0.05) is 9.45 Å². The largest absolute Gasteiger partial charge is 0.465 e. The third-order valence-corrected chi connectivity index (χ3v) is 2.46. The summed E-state index contributed by atoms with van der Waals surface area (Å²) >= 11 is 7.80. The Morgan fingerprint density at radius 3 is 2.77 bits per heavy atom.